The molecule has 0 spiro atoms. The number of aromatic nitrogens is 1. The maximum atomic E-state index is 12.6. The SMILES string of the molecule is COC(=O)c1cccc(NC(=O)c2csc(C3CCN(C(=O)C#Cc4ccccc4)CC3)n2)c1. The number of esters is 1. The van der Waals surface area contributed by atoms with Crippen molar-refractivity contribution < 1.29 is 19.1 Å². The van der Waals surface area contributed by atoms with E-state index in [1.807, 2.05) is 30.3 Å². The van der Waals surface area contributed by atoms with Crippen LogP contribution in [0.1, 0.15) is 50.2 Å². The van der Waals surface area contributed by atoms with Gasteiger partial charge in [0.15, 0.2) is 0 Å². The maximum absolute atomic E-state index is 12.6. The van der Waals surface area contributed by atoms with E-state index in [2.05, 4.69) is 22.1 Å². The molecule has 0 saturated carbocycles. The van der Waals surface area contributed by atoms with Gasteiger partial charge in [-0.3, -0.25) is 9.59 Å². The lowest BCUT2D eigenvalue weighted by Crippen LogP contribution is -2.37. The number of thiazole rings is 1. The standard InChI is InChI=1S/C26H23N3O4S/c1-33-26(32)20-8-5-9-21(16-20)27-24(31)22-17-34-25(28-22)19-12-14-29(15-13-19)23(30)11-10-18-6-3-2-4-7-18/h2-9,16-17,19H,12-15H2,1H3,(H,27,31). The zero-order valence-electron chi connectivity index (χ0n) is 18.6. The van der Waals surface area contributed by atoms with Crippen molar-refractivity contribution in [2.75, 3.05) is 25.5 Å². The van der Waals surface area contributed by atoms with Crippen molar-refractivity contribution in [1.82, 2.24) is 9.88 Å². The van der Waals surface area contributed by atoms with Crippen LogP contribution in [0.25, 0.3) is 0 Å². The van der Waals surface area contributed by atoms with Gasteiger partial charge in [0.2, 0.25) is 0 Å². The summed E-state index contributed by atoms with van der Waals surface area (Å²) >= 11 is 1.45. The van der Waals surface area contributed by atoms with E-state index in [9.17, 15) is 14.4 Å². The van der Waals surface area contributed by atoms with Crippen molar-refractivity contribution >= 4 is 34.8 Å². The Hall–Kier alpha value is -3.96. The third-order valence-corrected chi connectivity index (χ3v) is 6.52. The van der Waals surface area contributed by atoms with E-state index in [0.29, 0.717) is 30.0 Å². The summed E-state index contributed by atoms with van der Waals surface area (Å²) in [5.74, 6) is 4.85. The summed E-state index contributed by atoms with van der Waals surface area (Å²) in [6, 6.07) is 16.0. The van der Waals surface area contributed by atoms with E-state index in [0.717, 1.165) is 23.4 Å². The van der Waals surface area contributed by atoms with Gasteiger partial charge >= 0.3 is 5.97 Å². The van der Waals surface area contributed by atoms with Crippen LogP contribution >= 0.6 is 11.3 Å². The van der Waals surface area contributed by atoms with Crippen molar-refractivity contribution in [3.63, 3.8) is 0 Å². The number of rotatable bonds is 4. The second kappa shape index (κ2) is 10.8. The molecule has 0 atom stereocenters. The summed E-state index contributed by atoms with van der Waals surface area (Å²) in [7, 11) is 1.31. The minimum atomic E-state index is -0.470. The van der Waals surface area contributed by atoms with Crippen molar-refractivity contribution in [2.24, 2.45) is 0 Å². The van der Waals surface area contributed by atoms with E-state index >= 15 is 0 Å². The van der Waals surface area contributed by atoms with Crippen molar-refractivity contribution in [1.29, 1.82) is 0 Å². The number of nitrogens with one attached hydrogen (secondary N) is 1. The average Bonchev–Trinajstić information content (AvgIpc) is 3.38. The Labute approximate surface area is 201 Å². The molecule has 1 aliphatic rings. The first-order valence-electron chi connectivity index (χ1n) is 10.8. The number of ether oxygens (including phenoxy) is 1. The molecular formula is C26H23N3O4S. The summed E-state index contributed by atoms with van der Waals surface area (Å²) in [5, 5.41) is 5.39. The zero-order valence-corrected chi connectivity index (χ0v) is 19.4. The maximum Gasteiger partial charge on any atom is 0.337 e. The Bertz CT molecular complexity index is 1250. The highest BCUT2D eigenvalue weighted by molar-refractivity contribution is 7.10. The van der Waals surface area contributed by atoms with Crippen LogP contribution in [0.4, 0.5) is 5.69 Å². The van der Waals surface area contributed by atoms with Gasteiger partial charge < -0.3 is 15.0 Å². The number of hydrogen-bond acceptors (Lipinski definition) is 6. The Kier molecular flexibility index (Phi) is 7.35. The molecule has 2 aromatic carbocycles. The van der Waals surface area contributed by atoms with E-state index in [1.165, 1.54) is 18.4 Å². The number of nitrogens with zero attached hydrogens (tertiary/aromatic N) is 2. The molecule has 3 aromatic rings. The molecule has 0 radical (unpaired) electrons. The lowest BCUT2D eigenvalue weighted by Gasteiger charge is -2.29. The highest BCUT2D eigenvalue weighted by Gasteiger charge is 2.26. The highest BCUT2D eigenvalue weighted by Crippen LogP contribution is 2.30. The fourth-order valence-electron chi connectivity index (χ4n) is 3.67. The first-order chi connectivity index (χ1) is 16.5. The van der Waals surface area contributed by atoms with E-state index in [-0.39, 0.29) is 17.7 Å². The van der Waals surface area contributed by atoms with E-state index < -0.39 is 5.97 Å². The second-order valence-electron chi connectivity index (χ2n) is 7.78. The summed E-state index contributed by atoms with van der Waals surface area (Å²) < 4.78 is 4.71. The lowest BCUT2D eigenvalue weighted by molar-refractivity contribution is -0.126. The predicted molar refractivity (Wildman–Crippen MR) is 130 cm³/mol. The van der Waals surface area contributed by atoms with Gasteiger partial charge in [-0.25, -0.2) is 9.78 Å². The third kappa shape index (κ3) is 5.69. The number of carbonyl (C=O) groups excluding carboxylic acids is 3. The molecule has 8 heteroatoms. The van der Waals surface area contributed by atoms with Gasteiger partial charge in [0, 0.05) is 41.6 Å². The molecule has 1 saturated heterocycles. The molecule has 1 N–H and O–H groups in total. The van der Waals surface area contributed by atoms with Gasteiger partial charge in [-0.2, -0.15) is 0 Å². The third-order valence-electron chi connectivity index (χ3n) is 5.52. The quantitative estimate of drug-likeness (QED) is 0.458. The number of hydrogen-bond donors (Lipinski definition) is 1. The first kappa shape index (κ1) is 23.2. The van der Waals surface area contributed by atoms with Gasteiger partial charge in [-0.05, 0) is 43.2 Å². The number of amides is 2. The Morgan fingerprint density at radius 1 is 1.09 bits per heavy atom. The second-order valence-corrected chi connectivity index (χ2v) is 8.67. The van der Waals surface area contributed by atoms with Crippen LogP contribution < -0.4 is 5.32 Å². The summed E-state index contributed by atoms with van der Waals surface area (Å²) in [5.41, 5.74) is 1.99. The Balaban J connectivity index is 1.32. The Morgan fingerprint density at radius 3 is 2.59 bits per heavy atom. The fourth-order valence-corrected chi connectivity index (χ4v) is 4.64. The molecule has 0 unspecified atom stereocenters. The molecule has 7 nitrogen and oxygen atoms in total. The number of likely N-dealkylation sites (tertiary alicyclic amines) is 1. The fraction of sp³-hybridized carbons (Fsp3) is 0.231. The average molecular weight is 474 g/mol. The number of anilines is 1. The molecule has 1 aliphatic heterocycles. The molecule has 1 fully saturated rings. The topological polar surface area (TPSA) is 88.6 Å². The Morgan fingerprint density at radius 2 is 1.85 bits per heavy atom. The molecule has 2 heterocycles. The van der Waals surface area contributed by atoms with Crippen LogP contribution in [0, 0.1) is 11.8 Å². The number of piperidine rings is 1. The van der Waals surface area contributed by atoms with Crippen LogP contribution in [0.5, 0.6) is 0 Å². The van der Waals surface area contributed by atoms with Crippen LogP contribution in [0.2, 0.25) is 0 Å². The molecule has 4 rings (SSSR count). The molecule has 172 valence electrons. The summed E-state index contributed by atoms with van der Waals surface area (Å²) in [6.45, 7) is 1.21. The molecule has 0 bridgehead atoms. The van der Waals surface area contributed by atoms with Gasteiger partial charge in [-0.15, -0.1) is 11.3 Å². The largest absolute Gasteiger partial charge is 0.465 e. The summed E-state index contributed by atoms with van der Waals surface area (Å²) in [4.78, 5) is 43.1. The summed E-state index contributed by atoms with van der Waals surface area (Å²) in [6.07, 6.45) is 1.54. The van der Waals surface area contributed by atoms with Crippen molar-refractivity contribution in [3.8, 4) is 11.8 Å². The molecular weight excluding hydrogens is 450 g/mol. The van der Waals surface area contributed by atoms with Crippen LogP contribution in [0.3, 0.4) is 0 Å². The molecule has 34 heavy (non-hydrogen) atoms. The van der Waals surface area contributed by atoms with Gasteiger partial charge in [-0.1, -0.05) is 30.2 Å². The van der Waals surface area contributed by atoms with E-state index in [4.69, 9.17) is 4.74 Å². The van der Waals surface area contributed by atoms with Gasteiger partial charge in [0.25, 0.3) is 11.8 Å². The zero-order chi connectivity index (χ0) is 23.9. The smallest absolute Gasteiger partial charge is 0.337 e. The van der Waals surface area contributed by atoms with Crippen molar-refractivity contribution in [2.45, 2.75) is 18.8 Å². The van der Waals surface area contributed by atoms with Crippen molar-refractivity contribution in [3.05, 3.63) is 81.8 Å². The number of benzene rings is 2. The normalized spacial score (nSPS) is 13.5. The van der Waals surface area contributed by atoms with Crippen LogP contribution in [-0.2, 0) is 9.53 Å². The monoisotopic (exact) mass is 473 g/mol. The molecule has 1 aromatic heterocycles. The number of carbonyl (C=O) groups is 3. The predicted octanol–water partition coefficient (Wildman–Crippen LogP) is 3.94. The molecule has 2 amide bonds. The van der Waals surface area contributed by atoms with Gasteiger partial charge in [0.1, 0.15) is 5.69 Å². The van der Waals surface area contributed by atoms with E-state index in [1.54, 1.807) is 34.5 Å². The minimum absolute atomic E-state index is 0.171. The molecule has 0 aliphatic carbocycles. The first-order valence-corrected chi connectivity index (χ1v) is 11.7. The highest BCUT2D eigenvalue weighted by atomic mass is 32.1. The van der Waals surface area contributed by atoms with Gasteiger partial charge in [0.05, 0.1) is 17.7 Å². The minimum Gasteiger partial charge on any atom is -0.465 e. The van der Waals surface area contributed by atoms with Crippen LogP contribution in [0.15, 0.2) is 60.0 Å². The lowest BCUT2D eigenvalue weighted by atomic mass is 9.97. The number of methoxy groups -OCH3 is 1. The van der Waals surface area contributed by atoms with Crippen LogP contribution in [-0.4, -0.2) is 47.9 Å².